The fourth-order valence-corrected chi connectivity index (χ4v) is 2.81. The van der Waals surface area contributed by atoms with Crippen molar-refractivity contribution in [2.75, 3.05) is 6.61 Å². The van der Waals surface area contributed by atoms with Gasteiger partial charge in [0.15, 0.2) is 6.61 Å². The van der Waals surface area contributed by atoms with Gasteiger partial charge in [-0.1, -0.05) is 42.0 Å². The molecule has 2 amide bonds. The van der Waals surface area contributed by atoms with Crippen LogP contribution in [0.3, 0.4) is 0 Å². The molecule has 0 radical (unpaired) electrons. The molecule has 0 unspecified atom stereocenters. The monoisotopic (exact) mass is 382 g/mol. The summed E-state index contributed by atoms with van der Waals surface area (Å²) in [5.74, 6) is 0.238. The molecule has 2 rings (SSSR count). The Morgan fingerprint density at radius 2 is 1.68 bits per heavy atom. The minimum atomic E-state index is -0.600. The van der Waals surface area contributed by atoms with Gasteiger partial charge < -0.3 is 15.0 Å². The Labute approximate surface area is 167 Å². The maximum Gasteiger partial charge on any atom is 0.261 e. The zero-order valence-corrected chi connectivity index (χ0v) is 17.4. The molecule has 0 heterocycles. The molecule has 5 nitrogen and oxygen atoms in total. The Morgan fingerprint density at radius 3 is 2.29 bits per heavy atom. The molecule has 0 aliphatic carbocycles. The third-order valence-electron chi connectivity index (χ3n) is 4.42. The van der Waals surface area contributed by atoms with Crippen molar-refractivity contribution in [3.63, 3.8) is 0 Å². The predicted octanol–water partition coefficient (Wildman–Crippen LogP) is 3.62. The number of benzene rings is 2. The summed E-state index contributed by atoms with van der Waals surface area (Å²) in [5, 5.41) is 2.88. The van der Waals surface area contributed by atoms with E-state index >= 15 is 0 Å². The lowest BCUT2D eigenvalue weighted by Crippen LogP contribution is -2.50. The molecule has 0 saturated carbocycles. The van der Waals surface area contributed by atoms with Gasteiger partial charge in [-0.15, -0.1) is 0 Å². The Balaban J connectivity index is 2.14. The lowest BCUT2D eigenvalue weighted by Gasteiger charge is -2.29. The number of aryl methyl sites for hydroxylation is 2. The van der Waals surface area contributed by atoms with Gasteiger partial charge in [0.05, 0.1) is 0 Å². The van der Waals surface area contributed by atoms with Crippen LogP contribution in [0, 0.1) is 13.8 Å². The summed E-state index contributed by atoms with van der Waals surface area (Å²) in [6.07, 6.45) is 0. The number of hydrogen-bond acceptors (Lipinski definition) is 3. The fourth-order valence-electron chi connectivity index (χ4n) is 2.81. The largest absolute Gasteiger partial charge is 0.484 e. The number of ether oxygens (including phenoxy) is 1. The second-order valence-electron chi connectivity index (χ2n) is 7.45. The third-order valence-corrected chi connectivity index (χ3v) is 4.42. The topological polar surface area (TPSA) is 58.6 Å². The molecule has 5 heteroatoms. The number of carbonyl (C=O) groups is 2. The minimum absolute atomic E-state index is 0.00909. The van der Waals surface area contributed by atoms with Crippen molar-refractivity contribution in [3.8, 4) is 5.75 Å². The fraction of sp³-hybridized carbons (Fsp3) is 0.391. The molecule has 1 atom stereocenters. The van der Waals surface area contributed by atoms with Crippen LogP contribution >= 0.6 is 0 Å². The number of carbonyl (C=O) groups excluding carboxylic acids is 2. The standard InChI is InChI=1S/C23H30N2O3/c1-16(2)24-23(27)19(5)25(14-20-11-9-17(3)10-12-20)22(26)15-28-21-8-6-7-18(4)13-21/h6-13,16,19H,14-15H2,1-5H3,(H,24,27)/t19-/m1/s1. The van der Waals surface area contributed by atoms with Gasteiger partial charge >= 0.3 is 0 Å². The lowest BCUT2D eigenvalue weighted by atomic mass is 10.1. The lowest BCUT2D eigenvalue weighted by molar-refractivity contribution is -0.142. The van der Waals surface area contributed by atoms with Crippen molar-refractivity contribution in [1.82, 2.24) is 10.2 Å². The van der Waals surface area contributed by atoms with Crippen LogP contribution in [0.2, 0.25) is 0 Å². The van der Waals surface area contributed by atoms with Crippen molar-refractivity contribution in [3.05, 3.63) is 65.2 Å². The first-order valence-electron chi connectivity index (χ1n) is 9.61. The predicted molar refractivity (Wildman–Crippen MR) is 111 cm³/mol. The normalized spacial score (nSPS) is 11.8. The van der Waals surface area contributed by atoms with E-state index in [9.17, 15) is 9.59 Å². The highest BCUT2D eigenvalue weighted by atomic mass is 16.5. The van der Waals surface area contributed by atoms with E-state index in [1.54, 1.807) is 11.8 Å². The number of rotatable bonds is 8. The quantitative estimate of drug-likeness (QED) is 0.759. The molecule has 150 valence electrons. The second kappa shape index (κ2) is 9.93. The van der Waals surface area contributed by atoms with Gasteiger partial charge in [0.2, 0.25) is 5.91 Å². The summed E-state index contributed by atoms with van der Waals surface area (Å²) < 4.78 is 5.67. The van der Waals surface area contributed by atoms with Crippen LogP contribution in [0.25, 0.3) is 0 Å². The van der Waals surface area contributed by atoms with Gasteiger partial charge in [-0.3, -0.25) is 9.59 Å². The first kappa shape index (κ1) is 21.5. The Morgan fingerprint density at radius 1 is 1.00 bits per heavy atom. The summed E-state index contributed by atoms with van der Waals surface area (Å²) in [5.41, 5.74) is 3.18. The van der Waals surface area contributed by atoms with Crippen molar-refractivity contribution in [2.45, 2.75) is 53.2 Å². The van der Waals surface area contributed by atoms with E-state index in [4.69, 9.17) is 4.74 Å². The molecular formula is C23H30N2O3. The number of nitrogens with one attached hydrogen (secondary N) is 1. The SMILES string of the molecule is Cc1ccc(CN(C(=O)COc2cccc(C)c2)[C@H](C)C(=O)NC(C)C)cc1. The zero-order chi connectivity index (χ0) is 20.7. The number of amides is 2. The molecule has 2 aromatic rings. The van der Waals surface area contributed by atoms with E-state index < -0.39 is 6.04 Å². The molecule has 0 bridgehead atoms. The second-order valence-corrected chi connectivity index (χ2v) is 7.45. The van der Waals surface area contributed by atoms with Gasteiger partial charge in [-0.25, -0.2) is 0 Å². The Hall–Kier alpha value is -2.82. The van der Waals surface area contributed by atoms with E-state index in [2.05, 4.69) is 5.32 Å². The van der Waals surface area contributed by atoms with Gasteiger partial charge in [0.1, 0.15) is 11.8 Å². The Bertz CT molecular complexity index is 800. The molecule has 0 aliphatic rings. The first-order valence-corrected chi connectivity index (χ1v) is 9.61. The first-order chi connectivity index (χ1) is 13.3. The van der Waals surface area contributed by atoms with E-state index in [1.807, 2.05) is 76.2 Å². The van der Waals surface area contributed by atoms with Crippen LogP contribution in [0.1, 0.15) is 37.5 Å². The number of hydrogen-bond donors (Lipinski definition) is 1. The Kier molecular flexibility index (Phi) is 7.61. The van der Waals surface area contributed by atoms with E-state index in [0.717, 1.165) is 16.7 Å². The molecule has 0 fully saturated rings. The molecule has 0 spiro atoms. The zero-order valence-electron chi connectivity index (χ0n) is 17.4. The minimum Gasteiger partial charge on any atom is -0.484 e. The average Bonchev–Trinajstić information content (AvgIpc) is 2.64. The van der Waals surface area contributed by atoms with Crippen LogP contribution in [0.5, 0.6) is 5.75 Å². The van der Waals surface area contributed by atoms with E-state index in [-0.39, 0.29) is 24.5 Å². The highest BCUT2D eigenvalue weighted by Gasteiger charge is 2.26. The summed E-state index contributed by atoms with van der Waals surface area (Å²) in [6, 6.07) is 14.9. The van der Waals surface area contributed by atoms with Gasteiger partial charge in [0.25, 0.3) is 5.91 Å². The van der Waals surface area contributed by atoms with Crippen molar-refractivity contribution < 1.29 is 14.3 Å². The summed E-state index contributed by atoms with van der Waals surface area (Å²) in [4.78, 5) is 27.0. The smallest absolute Gasteiger partial charge is 0.261 e. The van der Waals surface area contributed by atoms with Crippen molar-refractivity contribution in [1.29, 1.82) is 0 Å². The average molecular weight is 383 g/mol. The van der Waals surface area contributed by atoms with Crippen LogP contribution < -0.4 is 10.1 Å². The maximum absolute atomic E-state index is 12.9. The van der Waals surface area contributed by atoms with Crippen LogP contribution in [0.15, 0.2) is 48.5 Å². The van der Waals surface area contributed by atoms with Gasteiger partial charge in [-0.05, 0) is 57.9 Å². The van der Waals surface area contributed by atoms with E-state index in [1.165, 1.54) is 0 Å². The molecule has 28 heavy (non-hydrogen) atoms. The molecular weight excluding hydrogens is 352 g/mol. The van der Waals surface area contributed by atoms with Gasteiger partial charge in [-0.2, -0.15) is 0 Å². The van der Waals surface area contributed by atoms with Crippen LogP contribution in [-0.2, 0) is 16.1 Å². The van der Waals surface area contributed by atoms with Gasteiger partial charge in [0, 0.05) is 12.6 Å². The molecule has 0 saturated heterocycles. The van der Waals surface area contributed by atoms with Crippen LogP contribution in [-0.4, -0.2) is 35.4 Å². The van der Waals surface area contributed by atoms with Crippen LogP contribution in [0.4, 0.5) is 0 Å². The third kappa shape index (κ3) is 6.41. The molecule has 1 N–H and O–H groups in total. The van der Waals surface area contributed by atoms with Crippen molar-refractivity contribution >= 4 is 11.8 Å². The highest BCUT2D eigenvalue weighted by Crippen LogP contribution is 2.15. The molecule has 0 aliphatic heterocycles. The number of nitrogens with zero attached hydrogens (tertiary/aromatic N) is 1. The summed E-state index contributed by atoms with van der Waals surface area (Å²) in [7, 11) is 0. The molecule has 2 aromatic carbocycles. The summed E-state index contributed by atoms with van der Waals surface area (Å²) >= 11 is 0. The molecule has 0 aromatic heterocycles. The maximum atomic E-state index is 12.9. The highest BCUT2D eigenvalue weighted by molar-refractivity contribution is 5.88. The van der Waals surface area contributed by atoms with Crippen molar-refractivity contribution in [2.24, 2.45) is 0 Å². The summed E-state index contributed by atoms with van der Waals surface area (Å²) in [6.45, 7) is 9.76. The van der Waals surface area contributed by atoms with E-state index in [0.29, 0.717) is 12.3 Å².